The standard InChI is InChI=1S/C15H19N7O/c1-21(2)13(11-5-4-6-12(9-11)23-3)10-16-14-7-8-15-17-19-20-22(15)18-14/h4-9,13H,10H2,1-3H3,(H,16,18)/t13-/m0/s1. The normalized spacial score (nSPS) is 12.5. The smallest absolute Gasteiger partial charge is 0.200 e. The first kappa shape index (κ1) is 15.2. The minimum Gasteiger partial charge on any atom is -0.497 e. The molecule has 1 atom stereocenters. The van der Waals surface area contributed by atoms with Crippen LogP contribution in [0.25, 0.3) is 5.65 Å². The molecule has 0 aliphatic heterocycles. The maximum Gasteiger partial charge on any atom is 0.200 e. The molecule has 0 radical (unpaired) electrons. The Morgan fingerprint density at radius 2 is 2.13 bits per heavy atom. The van der Waals surface area contributed by atoms with Gasteiger partial charge in [-0.05, 0) is 54.4 Å². The molecule has 0 fully saturated rings. The number of nitrogens with zero attached hydrogens (tertiary/aromatic N) is 6. The number of likely N-dealkylation sites (N-methyl/N-ethyl adjacent to an activating group) is 1. The third kappa shape index (κ3) is 3.37. The average molecular weight is 313 g/mol. The van der Waals surface area contributed by atoms with Gasteiger partial charge < -0.3 is 15.0 Å². The van der Waals surface area contributed by atoms with Crippen LogP contribution in [-0.2, 0) is 0 Å². The first-order chi connectivity index (χ1) is 11.2. The second kappa shape index (κ2) is 6.57. The lowest BCUT2D eigenvalue weighted by Gasteiger charge is -2.25. The number of hydrogen-bond acceptors (Lipinski definition) is 7. The Hall–Kier alpha value is -2.74. The highest BCUT2D eigenvalue weighted by Gasteiger charge is 2.15. The van der Waals surface area contributed by atoms with E-state index in [2.05, 4.69) is 36.9 Å². The lowest BCUT2D eigenvalue weighted by atomic mass is 10.1. The van der Waals surface area contributed by atoms with Gasteiger partial charge in [0.05, 0.1) is 13.2 Å². The Labute approximate surface area is 134 Å². The number of hydrogen-bond donors (Lipinski definition) is 1. The predicted octanol–water partition coefficient (Wildman–Crippen LogP) is 1.24. The minimum absolute atomic E-state index is 0.177. The van der Waals surface area contributed by atoms with E-state index in [0.29, 0.717) is 12.2 Å². The molecular formula is C15H19N7O. The van der Waals surface area contributed by atoms with Gasteiger partial charge in [0.25, 0.3) is 0 Å². The quantitative estimate of drug-likeness (QED) is 0.733. The molecule has 0 saturated heterocycles. The van der Waals surface area contributed by atoms with Crippen LogP contribution < -0.4 is 10.1 Å². The summed E-state index contributed by atoms with van der Waals surface area (Å²) in [6.45, 7) is 0.695. The Morgan fingerprint density at radius 1 is 1.26 bits per heavy atom. The molecule has 1 aromatic carbocycles. The van der Waals surface area contributed by atoms with Gasteiger partial charge in [-0.1, -0.05) is 12.1 Å². The zero-order valence-electron chi connectivity index (χ0n) is 13.3. The van der Waals surface area contributed by atoms with Crippen molar-refractivity contribution in [1.82, 2.24) is 30.2 Å². The molecule has 0 amide bonds. The van der Waals surface area contributed by atoms with Crippen LogP contribution in [0, 0.1) is 0 Å². The van der Waals surface area contributed by atoms with Gasteiger partial charge in [-0.3, -0.25) is 0 Å². The molecule has 8 nitrogen and oxygen atoms in total. The number of nitrogens with one attached hydrogen (secondary N) is 1. The van der Waals surface area contributed by atoms with E-state index in [-0.39, 0.29) is 6.04 Å². The van der Waals surface area contributed by atoms with Crippen molar-refractivity contribution in [2.24, 2.45) is 0 Å². The van der Waals surface area contributed by atoms with Crippen molar-refractivity contribution < 1.29 is 4.74 Å². The van der Waals surface area contributed by atoms with Gasteiger partial charge in [0.15, 0.2) is 5.65 Å². The Kier molecular flexibility index (Phi) is 4.33. The lowest BCUT2D eigenvalue weighted by molar-refractivity contribution is 0.310. The zero-order valence-corrected chi connectivity index (χ0v) is 13.3. The molecule has 2 aromatic heterocycles. The largest absolute Gasteiger partial charge is 0.497 e. The SMILES string of the molecule is COc1cccc([C@H](CNc2ccc3nnnn3n2)N(C)C)c1. The van der Waals surface area contributed by atoms with Gasteiger partial charge in [-0.25, -0.2) is 0 Å². The summed E-state index contributed by atoms with van der Waals surface area (Å²) in [5.74, 6) is 1.57. The van der Waals surface area contributed by atoms with Crippen LogP contribution in [-0.4, -0.2) is 57.9 Å². The Bertz CT molecular complexity index is 786. The van der Waals surface area contributed by atoms with Crippen molar-refractivity contribution in [3.8, 4) is 5.75 Å². The number of fused-ring (bicyclic) bond motifs is 1. The third-order valence-corrected chi connectivity index (χ3v) is 3.65. The van der Waals surface area contributed by atoms with Crippen molar-refractivity contribution in [2.45, 2.75) is 6.04 Å². The van der Waals surface area contributed by atoms with Gasteiger partial charge >= 0.3 is 0 Å². The molecule has 0 unspecified atom stereocenters. The molecule has 120 valence electrons. The monoisotopic (exact) mass is 313 g/mol. The van der Waals surface area contributed by atoms with Crippen molar-refractivity contribution in [3.63, 3.8) is 0 Å². The zero-order chi connectivity index (χ0) is 16.2. The van der Waals surface area contributed by atoms with Gasteiger partial charge in [0, 0.05) is 6.54 Å². The number of rotatable bonds is 6. The minimum atomic E-state index is 0.177. The highest BCUT2D eigenvalue weighted by Crippen LogP contribution is 2.23. The summed E-state index contributed by atoms with van der Waals surface area (Å²) in [5, 5.41) is 18.9. The number of methoxy groups -OCH3 is 1. The molecule has 3 aromatic rings. The van der Waals surface area contributed by atoms with Crippen LogP contribution in [0.1, 0.15) is 11.6 Å². The number of aromatic nitrogens is 5. The number of tetrazole rings is 1. The molecule has 0 spiro atoms. The van der Waals surface area contributed by atoms with E-state index in [1.54, 1.807) is 7.11 Å². The van der Waals surface area contributed by atoms with Crippen LogP contribution in [0.5, 0.6) is 5.75 Å². The van der Waals surface area contributed by atoms with E-state index >= 15 is 0 Å². The molecule has 1 N–H and O–H groups in total. The highest BCUT2D eigenvalue weighted by atomic mass is 16.5. The lowest BCUT2D eigenvalue weighted by Crippen LogP contribution is -2.27. The van der Waals surface area contributed by atoms with Crippen molar-refractivity contribution >= 4 is 11.5 Å². The van der Waals surface area contributed by atoms with Gasteiger partial charge in [0.2, 0.25) is 0 Å². The molecule has 0 saturated carbocycles. The molecule has 3 rings (SSSR count). The molecule has 2 heterocycles. The summed E-state index contributed by atoms with van der Waals surface area (Å²) >= 11 is 0. The second-order valence-corrected chi connectivity index (χ2v) is 5.38. The van der Waals surface area contributed by atoms with E-state index in [4.69, 9.17) is 4.74 Å². The maximum atomic E-state index is 5.31. The molecule has 8 heteroatoms. The van der Waals surface area contributed by atoms with E-state index in [0.717, 1.165) is 11.6 Å². The molecule has 0 bridgehead atoms. The number of benzene rings is 1. The van der Waals surface area contributed by atoms with Crippen LogP contribution in [0.2, 0.25) is 0 Å². The number of anilines is 1. The summed E-state index contributed by atoms with van der Waals surface area (Å²) in [6.07, 6.45) is 0. The van der Waals surface area contributed by atoms with Crippen molar-refractivity contribution in [3.05, 3.63) is 42.0 Å². The fourth-order valence-electron chi connectivity index (χ4n) is 2.39. The summed E-state index contributed by atoms with van der Waals surface area (Å²) < 4.78 is 6.71. The summed E-state index contributed by atoms with van der Waals surface area (Å²) in [4.78, 5) is 2.15. The topological polar surface area (TPSA) is 80.5 Å². The molecule has 0 aliphatic rings. The van der Waals surface area contributed by atoms with Gasteiger partial charge in [-0.2, -0.15) is 0 Å². The average Bonchev–Trinajstić information content (AvgIpc) is 3.02. The molecular weight excluding hydrogens is 294 g/mol. The van der Waals surface area contributed by atoms with Gasteiger partial charge in [0.1, 0.15) is 11.6 Å². The van der Waals surface area contributed by atoms with Crippen molar-refractivity contribution in [1.29, 1.82) is 0 Å². The van der Waals surface area contributed by atoms with Crippen LogP contribution in [0.3, 0.4) is 0 Å². The summed E-state index contributed by atoms with van der Waals surface area (Å²) in [7, 11) is 5.76. The summed E-state index contributed by atoms with van der Waals surface area (Å²) in [6, 6.07) is 11.9. The Morgan fingerprint density at radius 3 is 2.91 bits per heavy atom. The molecule has 23 heavy (non-hydrogen) atoms. The first-order valence-electron chi connectivity index (χ1n) is 7.27. The number of ether oxygens (including phenoxy) is 1. The summed E-state index contributed by atoms with van der Waals surface area (Å²) in [5.41, 5.74) is 1.79. The van der Waals surface area contributed by atoms with Crippen LogP contribution in [0.4, 0.5) is 5.82 Å². The first-order valence-corrected chi connectivity index (χ1v) is 7.27. The highest BCUT2D eigenvalue weighted by molar-refractivity contribution is 5.42. The van der Waals surface area contributed by atoms with Gasteiger partial charge in [-0.15, -0.1) is 14.8 Å². The van der Waals surface area contributed by atoms with E-state index in [1.807, 2.05) is 44.4 Å². The van der Waals surface area contributed by atoms with Crippen LogP contribution >= 0.6 is 0 Å². The fourth-order valence-corrected chi connectivity index (χ4v) is 2.39. The second-order valence-electron chi connectivity index (χ2n) is 5.38. The van der Waals surface area contributed by atoms with E-state index in [9.17, 15) is 0 Å². The third-order valence-electron chi connectivity index (χ3n) is 3.65. The van der Waals surface area contributed by atoms with E-state index in [1.165, 1.54) is 10.2 Å². The maximum absolute atomic E-state index is 5.31. The van der Waals surface area contributed by atoms with E-state index < -0.39 is 0 Å². The predicted molar refractivity (Wildman–Crippen MR) is 86.5 cm³/mol. The molecule has 0 aliphatic carbocycles. The fraction of sp³-hybridized carbons (Fsp3) is 0.333. The Balaban J connectivity index is 1.76. The van der Waals surface area contributed by atoms with Crippen molar-refractivity contribution in [2.75, 3.05) is 33.1 Å². The van der Waals surface area contributed by atoms with Crippen LogP contribution in [0.15, 0.2) is 36.4 Å².